The minimum atomic E-state index is -0.175. The van der Waals surface area contributed by atoms with Gasteiger partial charge in [0.2, 0.25) is 0 Å². The SMILES string of the molecule is Cc1cc(CNc2ncnc3sccc23)ccc1F. The second-order valence-corrected chi connectivity index (χ2v) is 5.19. The number of anilines is 1. The minimum absolute atomic E-state index is 0.175. The first-order valence-corrected chi connectivity index (χ1v) is 6.79. The van der Waals surface area contributed by atoms with E-state index in [1.807, 2.05) is 17.5 Å². The van der Waals surface area contributed by atoms with Gasteiger partial charge >= 0.3 is 0 Å². The summed E-state index contributed by atoms with van der Waals surface area (Å²) in [6.45, 7) is 2.38. The quantitative estimate of drug-likeness (QED) is 0.789. The molecule has 0 aliphatic heterocycles. The molecule has 0 bridgehead atoms. The van der Waals surface area contributed by atoms with Crippen molar-refractivity contribution in [3.8, 4) is 0 Å². The smallest absolute Gasteiger partial charge is 0.138 e. The number of rotatable bonds is 3. The van der Waals surface area contributed by atoms with Gasteiger partial charge in [-0.05, 0) is 35.6 Å². The number of thiophene rings is 1. The van der Waals surface area contributed by atoms with Gasteiger partial charge in [-0.25, -0.2) is 14.4 Å². The van der Waals surface area contributed by atoms with Gasteiger partial charge in [0.15, 0.2) is 0 Å². The summed E-state index contributed by atoms with van der Waals surface area (Å²) in [7, 11) is 0. The van der Waals surface area contributed by atoms with Gasteiger partial charge in [0.1, 0.15) is 22.8 Å². The first-order chi connectivity index (χ1) is 9.24. The van der Waals surface area contributed by atoms with Crippen LogP contribution in [0.3, 0.4) is 0 Å². The molecule has 0 radical (unpaired) electrons. The Morgan fingerprint density at radius 3 is 3.00 bits per heavy atom. The van der Waals surface area contributed by atoms with E-state index in [2.05, 4.69) is 15.3 Å². The Kier molecular flexibility index (Phi) is 3.13. The van der Waals surface area contributed by atoms with Crippen molar-refractivity contribution in [1.82, 2.24) is 9.97 Å². The lowest BCUT2D eigenvalue weighted by Gasteiger charge is -2.07. The van der Waals surface area contributed by atoms with Gasteiger partial charge in [-0.15, -0.1) is 11.3 Å². The van der Waals surface area contributed by atoms with Crippen LogP contribution in [0.5, 0.6) is 0 Å². The summed E-state index contributed by atoms with van der Waals surface area (Å²) < 4.78 is 13.2. The molecule has 0 unspecified atom stereocenters. The lowest BCUT2D eigenvalue weighted by atomic mass is 10.1. The highest BCUT2D eigenvalue weighted by molar-refractivity contribution is 7.16. The zero-order valence-electron chi connectivity index (χ0n) is 10.4. The fraction of sp³-hybridized carbons (Fsp3) is 0.143. The average Bonchev–Trinajstić information content (AvgIpc) is 2.89. The van der Waals surface area contributed by atoms with E-state index in [1.54, 1.807) is 30.7 Å². The molecule has 3 aromatic rings. The Hall–Kier alpha value is -2.01. The molecule has 96 valence electrons. The van der Waals surface area contributed by atoms with E-state index in [1.165, 1.54) is 6.07 Å². The van der Waals surface area contributed by atoms with Gasteiger partial charge in [-0.1, -0.05) is 12.1 Å². The van der Waals surface area contributed by atoms with E-state index in [-0.39, 0.29) is 5.82 Å². The van der Waals surface area contributed by atoms with Crippen molar-refractivity contribution in [1.29, 1.82) is 0 Å². The summed E-state index contributed by atoms with van der Waals surface area (Å²) in [5, 5.41) is 6.28. The van der Waals surface area contributed by atoms with E-state index in [4.69, 9.17) is 0 Å². The third-order valence-corrected chi connectivity index (χ3v) is 3.76. The molecule has 3 nitrogen and oxygen atoms in total. The maximum atomic E-state index is 13.2. The van der Waals surface area contributed by atoms with Crippen molar-refractivity contribution in [2.75, 3.05) is 5.32 Å². The normalized spacial score (nSPS) is 10.8. The van der Waals surface area contributed by atoms with Crippen molar-refractivity contribution in [2.24, 2.45) is 0 Å². The zero-order valence-corrected chi connectivity index (χ0v) is 11.2. The maximum Gasteiger partial charge on any atom is 0.138 e. The molecule has 19 heavy (non-hydrogen) atoms. The molecule has 2 heterocycles. The lowest BCUT2D eigenvalue weighted by molar-refractivity contribution is 0.617. The Morgan fingerprint density at radius 2 is 2.16 bits per heavy atom. The Bertz CT molecular complexity index is 724. The molecule has 0 spiro atoms. The number of benzene rings is 1. The predicted molar refractivity (Wildman–Crippen MR) is 75.9 cm³/mol. The molecule has 0 saturated heterocycles. The fourth-order valence-electron chi connectivity index (χ4n) is 1.93. The first-order valence-electron chi connectivity index (χ1n) is 5.91. The van der Waals surface area contributed by atoms with Crippen LogP contribution < -0.4 is 5.32 Å². The molecular weight excluding hydrogens is 261 g/mol. The number of halogens is 1. The molecular formula is C14H12FN3S. The summed E-state index contributed by atoms with van der Waals surface area (Å²) in [5.41, 5.74) is 1.68. The largest absolute Gasteiger partial charge is 0.365 e. The highest BCUT2D eigenvalue weighted by Crippen LogP contribution is 2.24. The van der Waals surface area contributed by atoms with Crippen molar-refractivity contribution >= 4 is 27.4 Å². The van der Waals surface area contributed by atoms with Crippen molar-refractivity contribution in [3.63, 3.8) is 0 Å². The zero-order chi connectivity index (χ0) is 13.2. The average molecular weight is 273 g/mol. The summed E-state index contributed by atoms with van der Waals surface area (Å²) >= 11 is 1.59. The Morgan fingerprint density at radius 1 is 1.26 bits per heavy atom. The van der Waals surface area contributed by atoms with E-state index in [0.717, 1.165) is 21.6 Å². The summed E-state index contributed by atoms with van der Waals surface area (Å²) in [6.07, 6.45) is 1.55. The van der Waals surface area contributed by atoms with Crippen LogP contribution in [-0.2, 0) is 6.54 Å². The predicted octanol–water partition coefficient (Wildman–Crippen LogP) is 3.75. The van der Waals surface area contributed by atoms with Gasteiger partial charge in [-0.3, -0.25) is 0 Å². The number of hydrogen-bond acceptors (Lipinski definition) is 4. The molecule has 0 aliphatic carbocycles. The fourth-order valence-corrected chi connectivity index (χ4v) is 2.67. The van der Waals surface area contributed by atoms with Crippen LogP contribution in [0.2, 0.25) is 0 Å². The molecule has 3 rings (SSSR count). The third-order valence-electron chi connectivity index (χ3n) is 2.94. The second-order valence-electron chi connectivity index (χ2n) is 4.30. The van der Waals surface area contributed by atoms with Crippen molar-refractivity contribution in [3.05, 3.63) is 52.9 Å². The van der Waals surface area contributed by atoms with Crippen LogP contribution in [0.25, 0.3) is 10.2 Å². The molecule has 0 saturated carbocycles. The number of nitrogens with zero attached hydrogens (tertiary/aromatic N) is 2. The summed E-state index contributed by atoms with van der Waals surface area (Å²) in [5.74, 6) is 0.638. The molecule has 1 N–H and O–H groups in total. The van der Waals surface area contributed by atoms with Gasteiger partial charge in [0.05, 0.1) is 5.39 Å². The summed E-state index contributed by atoms with van der Waals surface area (Å²) in [6, 6.07) is 7.11. The van der Waals surface area contributed by atoms with E-state index < -0.39 is 0 Å². The van der Waals surface area contributed by atoms with Crippen LogP contribution in [0.1, 0.15) is 11.1 Å². The molecule has 2 aromatic heterocycles. The monoisotopic (exact) mass is 273 g/mol. The number of fused-ring (bicyclic) bond motifs is 1. The third kappa shape index (κ3) is 2.42. The number of hydrogen-bond donors (Lipinski definition) is 1. The molecule has 0 fully saturated rings. The van der Waals surface area contributed by atoms with E-state index in [9.17, 15) is 4.39 Å². The van der Waals surface area contributed by atoms with Crippen molar-refractivity contribution in [2.45, 2.75) is 13.5 Å². The second kappa shape index (κ2) is 4.93. The van der Waals surface area contributed by atoms with Crippen molar-refractivity contribution < 1.29 is 4.39 Å². The van der Waals surface area contributed by atoms with Crippen LogP contribution >= 0.6 is 11.3 Å². The minimum Gasteiger partial charge on any atom is -0.365 e. The van der Waals surface area contributed by atoms with Crippen LogP contribution in [0, 0.1) is 12.7 Å². The molecule has 0 aliphatic rings. The molecule has 0 atom stereocenters. The standard InChI is InChI=1S/C14H12FN3S/c1-9-6-10(2-3-12(9)15)7-16-13-11-4-5-19-14(11)18-8-17-13/h2-6,8H,7H2,1H3,(H,16,17,18). The molecule has 5 heteroatoms. The van der Waals surface area contributed by atoms with Gasteiger partial charge in [0.25, 0.3) is 0 Å². The maximum absolute atomic E-state index is 13.2. The van der Waals surface area contributed by atoms with Crippen LogP contribution in [-0.4, -0.2) is 9.97 Å². The van der Waals surface area contributed by atoms with E-state index >= 15 is 0 Å². The van der Waals surface area contributed by atoms with Crippen LogP contribution in [0.15, 0.2) is 36.0 Å². The number of aromatic nitrogens is 2. The van der Waals surface area contributed by atoms with Crippen LogP contribution in [0.4, 0.5) is 10.2 Å². The molecule has 1 aromatic carbocycles. The Balaban J connectivity index is 1.82. The van der Waals surface area contributed by atoms with Gasteiger partial charge in [-0.2, -0.15) is 0 Å². The molecule has 0 amide bonds. The highest BCUT2D eigenvalue weighted by atomic mass is 32.1. The highest BCUT2D eigenvalue weighted by Gasteiger charge is 2.05. The number of aryl methyl sites for hydroxylation is 1. The topological polar surface area (TPSA) is 37.8 Å². The van der Waals surface area contributed by atoms with E-state index in [0.29, 0.717) is 12.1 Å². The Labute approximate surface area is 114 Å². The van der Waals surface area contributed by atoms with Gasteiger partial charge in [0, 0.05) is 6.54 Å². The first kappa shape index (κ1) is 12.0. The number of nitrogens with one attached hydrogen (secondary N) is 1. The van der Waals surface area contributed by atoms with Gasteiger partial charge < -0.3 is 5.32 Å². The summed E-state index contributed by atoms with van der Waals surface area (Å²) in [4.78, 5) is 9.41. The lowest BCUT2D eigenvalue weighted by Crippen LogP contribution is -2.02.